The molecule has 1 saturated heterocycles. The maximum absolute atomic E-state index is 14.6. The molecule has 3 aromatic carbocycles. The Kier molecular flexibility index (Phi) is 11.2. The number of hydrogen-bond donors (Lipinski definition) is 4. The minimum absolute atomic E-state index is 0.0713. The number of urea groups is 2. The number of carbonyl (C=O) groups is 5. The second-order valence-corrected chi connectivity index (χ2v) is 14.4. The molecule has 2 heterocycles. The fraction of sp³-hybridized carbons (Fsp3) is 0.425. The minimum atomic E-state index is -1.16. The third kappa shape index (κ3) is 8.24. The van der Waals surface area contributed by atoms with E-state index in [9.17, 15) is 29.1 Å². The summed E-state index contributed by atoms with van der Waals surface area (Å²) in [5.74, 6) is -1.22. The van der Waals surface area contributed by atoms with Crippen LogP contribution in [0.15, 0.2) is 66.7 Å². The van der Waals surface area contributed by atoms with Gasteiger partial charge in [-0.3, -0.25) is 14.4 Å². The zero-order chi connectivity index (χ0) is 37.7. The molecule has 6 amide bonds. The molecule has 0 radical (unpaired) electrons. The molecular formula is C40H47N5O8. The first-order valence-corrected chi connectivity index (χ1v) is 18.2. The molecule has 1 unspecified atom stereocenters. The highest BCUT2D eigenvalue weighted by Gasteiger charge is 2.59. The highest BCUT2D eigenvalue weighted by molar-refractivity contribution is 6.10. The maximum atomic E-state index is 14.6. The fourth-order valence-corrected chi connectivity index (χ4v) is 7.48. The minimum Gasteiger partial charge on any atom is -0.486 e. The molecular weight excluding hydrogens is 678 g/mol. The quantitative estimate of drug-likeness (QED) is 0.151. The van der Waals surface area contributed by atoms with E-state index >= 15 is 0 Å². The third-order valence-electron chi connectivity index (χ3n) is 10.2. The molecule has 53 heavy (non-hydrogen) atoms. The summed E-state index contributed by atoms with van der Waals surface area (Å²) < 4.78 is 11.3. The first-order valence-electron chi connectivity index (χ1n) is 18.2. The van der Waals surface area contributed by atoms with E-state index in [4.69, 9.17) is 9.47 Å². The van der Waals surface area contributed by atoms with Gasteiger partial charge in [0.15, 0.2) is 11.5 Å². The molecule has 13 heteroatoms. The normalized spacial score (nSPS) is 17.4. The summed E-state index contributed by atoms with van der Waals surface area (Å²) in [6.45, 7) is 6.59. The number of anilines is 2. The number of amides is 6. The van der Waals surface area contributed by atoms with Gasteiger partial charge in [-0.05, 0) is 79.1 Å². The predicted octanol–water partition coefficient (Wildman–Crippen LogP) is 6.62. The van der Waals surface area contributed by atoms with Crippen molar-refractivity contribution in [3.63, 3.8) is 0 Å². The van der Waals surface area contributed by atoms with Crippen LogP contribution in [0.2, 0.25) is 0 Å². The van der Waals surface area contributed by atoms with Crippen molar-refractivity contribution >= 4 is 41.2 Å². The first kappa shape index (κ1) is 37.2. The number of para-hydroxylation sites is 1. The number of benzene rings is 3. The largest absolute Gasteiger partial charge is 0.486 e. The van der Waals surface area contributed by atoms with Crippen LogP contribution in [-0.2, 0) is 20.9 Å². The Morgan fingerprint density at radius 3 is 2.26 bits per heavy atom. The van der Waals surface area contributed by atoms with E-state index < -0.39 is 53.9 Å². The van der Waals surface area contributed by atoms with Crippen molar-refractivity contribution in [3.05, 3.63) is 83.4 Å². The van der Waals surface area contributed by atoms with Gasteiger partial charge in [0, 0.05) is 17.9 Å². The van der Waals surface area contributed by atoms with Gasteiger partial charge in [-0.25, -0.2) is 14.5 Å². The zero-order valence-electron chi connectivity index (χ0n) is 30.4. The molecule has 3 aromatic rings. The van der Waals surface area contributed by atoms with Crippen LogP contribution in [0, 0.1) is 12.8 Å². The predicted molar refractivity (Wildman–Crippen MR) is 198 cm³/mol. The number of aryl methyl sites for hydroxylation is 1. The van der Waals surface area contributed by atoms with Crippen LogP contribution in [0.4, 0.5) is 21.0 Å². The van der Waals surface area contributed by atoms with Crippen LogP contribution < -0.4 is 25.4 Å². The second-order valence-electron chi connectivity index (χ2n) is 14.4. The van der Waals surface area contributed by atoms with Crippen LogP contribution in [0.3, 0.4) is 0 Å². The van der Waals surface area contributed by atoms with Crippen LogP contribution >= 0.6 is 0 Å². The highest BCUT2D eigenvalue weighted by atomic mass is 16.6. The number of nitrogens with one attached hydrogen (secondary N) is 3. The Hall–Kier alpha value is -5.59. The summed E-state index contributed by atoms with van der Waals surface area (Å²) in [4.78, 5) is 70.7. The van der Waals surface area contributed by atoms with Gasteiger partial charge in [-0.1, -0.05) is 69.5 Å². The Morgan fingerprint density at radius 2 is 1.58 bits per heavy atom. The smallest absolute Gasteiger partial charge is 0.328 e. The Morgan fingerprint density at radius 1 is 0.887 bits per heavy atom. The van der Waals surface area contributed by atoms with E-state index in [1.165, 1.54) is 0 Å². The topological polar surface area (TPSA) is 167 Å². The molecule has 2 fully saturated rings. The second kappa shape index (κ2) is 16.0. The Labute approximate surface area is 309 Å². The van der Waals surface area contributed by atoms with E-state index in [1.807, 2.05) is 57.2 Å². The van der Waals surface area contributed by atoms with E-state index in [1.54, 1.807) is 35.2 Å². The first-order chi connectivity index (χ1) is 25.4. The molecule has 13 nitrogen and oxygen atoms in total. The summed E-state index contributed by atoms with van der Waals surface area (Å²) in [5, 5.41) is 18.3. The number of carboxylic acid groups (broad SMARTS) is 1. The average Bonchev–Trinajstić information content (AvgIpc) is 3.32. The molecule has 280 valence electrons. The molecule has 2 atom stereocenters. The van der Waals surface area contributed by atoms with Crippen LogP contribution in [0.25, 0.3) is 0 Å². The van der Waals surface area contributed by atoms with Gasteiger partial charge in [-0.2, -0.15) is 0 Å². The number of fused-ring (bicyclic) bond motifs is 1. The summed E-state index contributed by atoms with van der Waals surface area (Å²) >= 11 is 0. The van der Waals surface area contributed by atoms with Gasteiger partial charge in [0.05, 0.1) is 12.5 Å². The number of nitrogens with zero attached hydrogens (tertiary/aromatic N) is 2. The lowest BCUT2D eigenvalue weighted by atomic mass is 9.80. The summed E-state index contributed by atoms with van der Waals surface area (Å²) in [6, 6.07) is 16.5. The van der Waals surface area contributed by atoms with Gasteiger partial charge in [-0.15, -0.1) is 0 Å². The number of imide groups is 1. The standard InChI is InChI=1S/C40H47N5O8/c1-25(2)21-32(36(48)42-31(23-35(46)47)28-13-16-33-34(22-28)53-20-19-52-33)45-37(49)40(17-7-4-8-18-40)44(39(45)51)24-27-11-14-29(15-12-27)41-38(50)43-30-10-6-5-9-26(30)3/h5-6,9-16,22,25,31-32H,4,7-8,17-21,23-24H2,1-3H3,(H,42,48)(H,46,47)(H2,41,43,50)/t31?,32-/m0/s1. The number of ether oxygens (including phenoxy) is 2. The van der Waals surface area contributed by atoms with Crippen LogP contribution in [0.5, 0.6) is 11.5 Å². The van der Waals surface area contributed by atoms with E-state index in [2.05, 4.69) is 16.0 Å². The lowest BCUT2D eigenvalue weighted by Crippen LogP contribution is -2.53. The molecule has 1 saturated carbocycles. The summed E-state index contributed by atoms with van der Waals surface area (Å²) in [7, 11) is 0. The molecule has 0 aromatic heterocycles. The Balaban J connectivity index is 1.23. The number of rotatable bonds is 12. The van der Waals surface area contributed by atoms with E-state index in [0.29, 0.717) is 54.5 Å². The van der Waals surface area contributed by atoms with Crippen molar-refractivity contribution in [3.8, 4) is 11.5 Å². The Bertz CT molecular complexity index is 1860. The van der Waals surface area contributed by atoms with Crippen molar-refractivity contribution in [2.45, 2.75) is 89.9 Å². The highest BCUT2D eigenvalue weighted by Crippen LogP contribution is 2.43. The van der Waals surface area contributed by atoms with Crippen molar-refractivity contribution in [2.24, 2.45) is 5.92 Å². The van der Waals surface area contributed by atoms with E-state index in [0.717, 1.165) is 35.3 Å². The number of aliphatic carboxylic acids is 1. The van der Waals surface area contributed by atoms with Crippen molar-refractivity contribution < 1.29 is 38.6 Å². The third-order valence-corrected chi connectivity index (χ3v) is 10.2. The number of carbonyl (C=O) groups excluding carboxylic acids is 4. The maximum Gasteiger partial charge on any atom is 0.328 e. The summed E-state index contributed by atoms with van der Waals surface area (Å²) in [5.41, 5.74) is 2.34. The molecule has 2 aliphatic heterocycles. The monoisotopic (exact) mass is 725 g/mol. The lowest BCUT2D eigenvalue weighted by Gasteiger charge is -2.38. The SMILES string of the molecule is Cc1ccccc1NC(=O)Nc1ccc(CN2C(=O)N([C@@H](CC(C)C)C(=O)NC(CC(=O)O)c3ccc4c(c3)OCCO4)C(=O)C23CCCCC3)cc1. The number of hydrogen-bond acceptors (Lipinski definition) is 7. The average molecular weight is 726 g/mol. The van der Waals surface area contributed by atoms with Gasteiger partial charge in [0.1, 0.15) is 24.8 Å². The van der Waals surface area contributed by atoms with Crippen LogP contribution in [0.1, 0.15) is 81.5 Å². The van der Waals surface area contributed by atoms with Crippen molar-refractivity contribution in [1.29, 1.82) is 0 Å². The fourth-order valence-electron chi connectivity index (χ4n) is 7.48. The van der Waals surface area contributed by atoms with Gasteiger partial charge in [0.2, 0.25) is 5.91 Å². The van der Waals surface area contributed by atoms with Crippen molar-refractivity contribution in [1.82, 2.24) is 15.1 Å². The molecule has 6 rings (SSSR count). The molecule has 3 aliphatic rings. The van der Waals surface area contributed by atoms with E-state index in [-0.39, 0.29) is 18.9 Å². The number of carboxylic acids is 1. The molecule has 1 spiro atoms. The molecule has 1 aliphatic carbocycles. The van der Waals surface area contributed by atoms with Gasteiger partial charge >= 0.3 is 18.0 Å². The summed E-state index contributed by atoms with van der Waals surface area (Å²) in [6.07, 6.45) is 3.17. The lowest BCUT2D eigenvalue weighted by molar-refractivity contribution is -0.142. The molecule has 4 N–H and O–H groups in total. The van der Waals surface area contributed by atoms with Crippen molar-refractivity contribution in [2.75, 3.05) is 23.8 Å². The molecule has 0 bridgehead atoms. The van der Waals surface area contributed by atoms with Gasteiger partial charge in [0.25, 0.3) is 5.91 Å². The van der Waals surface area contributed by atoms with Gasteiger partial charge < -0.3 is 35.4 Å². The zero-order valence-corrected chi connectivity index (χ0v) is 30.4. The van der Waals surface area contributed by atoms with Crippen LogP contribution in [-0.4, -0.2) is 69.5 Å².